The maximum atomic E-state index is 13.6. The van der Waals surface area contributed by atoms with E-state index in [0.29, 0.717) is 18.4 Å². The first-order valence-corrected chi connectivity index (χ1v) is 15.3. The first-order chi connectivity index (χ1) is 21.0. The number of nitrogens with one attached hydrogen (secondary N) is 4. The molecule has 0 heterocycles. The summed E-state index contributed by atoms with van der Waals surface area (Å²) in [6.45, 7) is 1.29. The second-order valence-corrected chi connectivity index (χ2v) is 11.5. The molecule has 0 spiro atoms. The molecular formula is C31H40N4O8S. The standard InChI is InChI=1S/C31H40N4O8S/c1-18(36)32-27(21-8-3-2-4-9-21)30(41)33-23(13-14-26(37)38)28(39)34-24(29(40)35-25(17-44)31(42)43)16-19-11-12-20-7-5-6-10-22(20)15-19/h5-7,10-12,15,21,23-25,27,44H,2-4,8-9,13-14,16-17H2,1H3,(H,32,36)(H,33,41)(H,34,39)(H,35,40)(H,37,38)(H,42,43)/t23-,24-,25+,27-/m0/s1. The lowest BCUT2D eigenvalue weighted by Crippen LogP contribution is -2.59. The SMILES string of the molecule is CC(=O)N[C@H](C(=O)N[C@@H](CCC(=O)O)C(=O)N[C@@H](Cc1ccc2ccccc2c1)C(=O)N[C@H](CS)C(=O)O)C1CCCCC1. The van der Waals surface area contributed by atoms with Crippen molar-refractivity contribution in [3.63, 3.8) is 0 Å². The number of hydrogen-bond acceptors (Lipinski definition) is 7. The molecule has 0 aliphatic heterocycles. The average molecular weight is 629 g/mol. The van der Waals surface area contributed by atoms with Crippen LogP contribution in [0.4, 0.5) is 0 Å². The van der Waals surface area contributed by atoms with E-state index in [-0.39, 0.29) is 24.5 Å². The smallest absolute Gasteiger partial charge is 0.327 e. The van der Waals surface area contributed by atoms with E-state index in [1.807, 2.05) is 36.4 Å². The molecule has 1 fully saturated rings. The lowest BCUT2D eigenvalue weighted by atomic mass is 9.83. The topological polar surface area (TPSA) is 191 Å². The molecule has 2 aromatic rings. The molecular weight excluding hydrogens is 588 g/mol. The molecule has 1 aliphatic carbocycles. The minimum Gasteiger partial charge on any atom is -0.481 e. The van der Waals surface area contributed by atoms with Crippen molar-refractivity contribution in [2.24, 2.45) is 5.92 Å². The average Bonchev–Trinajstić information content (AvgIpc) is 3.00. The van der Waals surface area contributed by atoms with Gasteiger partial charge in [0, 0.05) is 25.5 Å². The summed E-state index contributed by atoms with van der Waals surface area (Å²) in [5.41, 5.74) is 0.677. The van der Waals surface area contributed by atoms with Crippen molar-refractivity contribution in [2.45, 2.75) is 82.5 Å². The Balaban J connectivity index is 1.86. The molecule has 44 heavy (non-hydrogen) atoms. The predicted octanol–water partition coefficient (Wildman–Crippen LogP) is 1.80. The zero-order valence-corrected chi connectivity index (χ0v) is 25.5. The Kier molecular flexibility index (Phi) is 13.0. The molecule has 3 rings (SSSR count). The van der Waals surface area contributed by atoms with E-state index in [1.54, 1.807) is 6.07 Å². The Morgan fingerprint density at radius 3 is 2.02 bits per heavy atom. The highest BCUT2D eigenvalue weighted by atomic mass is 32.1. The fourth-order valence-corrected chi connectivity index (χ4v) is 5.67. The number of carboxylic acid groups (broad SMARTS) is 2. The zero-order chi connectivity index (χ0) is 32.2. The molecule has 0 radical (unpaired) electrons. The van der Waals surface area contributed by atoms with Crippen LogP contribution in [0.25, 0.3) is 10.8 Å². The number of amides is 4. The van der Waals surface area contributed by atoms with Gasteiger partial charge in [-0.15, -0.1) is 0 Å². The van der Waals surface area contributed by atoms with Gasteiger partial charge in [-0.1, -0.05) is 61.7 Å². The Hall–Kier alpha value is -4.13. The fourth-order valence-electron chi connectivity index (χ4n) is 5.42. The molecule has 12 nitrogen and oxygen atoms in total. The van der Waals surface area contributed by atoms with Gasteiger partial charge in [0.05, 0.1) is 0 Å². The summed E-state index contributed by atoms with van der Waals surface area (Å²) in [4.78, 5) is 75.3. The molecule has 0 saturated heterocycles. The van der Waals surface area contributed by atoms with Crippen molar-refractivity contribution in [1.82, 2.24) is 21.3 Å². The van der Waals surface area contributed by atoms with Gasteiger partial charge >= 0.3 is 11.9 Å². The van der Waals surface area contributed by atoms with Crippen molar-refractivity contribution in [3.05, 3.63) is 48.0 Å². The molecule has 1 saturated carbocycles. The van der Waals surface area contributed by atoms with Crippen molar-refractivity contribution in [3.8, 4) is 0 Å². The van der Waals surface area contributed by atoms with Gasteiger partial charge in [-0.05, 0) is 41.5 Å². The van der Waals surface area contributed by atoms with E-state index < -0.39 is 66.2 Å². The predicted molar refractivity (Wildman–Crippen MR) is 166 cm³/mol. The Bertz CT molecular complexity index is 1360. The number of benzene rings is 2. The van der Waals surface area contributed by atoms with E-state index in [1.165, 1.54) is 6.92 Å². The second-order valence-electron chi connectivity index (χ2n) is 11.1. The van der Waals surface area contributed by atoms with Gasteiger partial charge in [0.2, 0.25) is 23.6 Å². The van der Waals surface area contributed by atoms with Crippen molar-refractivity contribution in [1.29, 1.82) is 0 Å². The number of hydrogen-bond donors (Lipinski definition) is 7. The van der Waals surface area contributed by atoms with Crippen molar-refractivity contribution in [2.75, 3.05) is 5.75 Å². The molecule has 1 aliphatic rings. The van der Waals surface area contributed by atoms with Crippen LogP contribution in [0.15, 0.2) is 42.5 Å². The van der Waals surface area contributed by atoms with E-state index in [9.17, 15) is 39.0 Å². The highest BCUT2D eigenvalue weighted by Crippen LogP contribution is 2.27. The number of fused-ring (bicyclic) bond motifs is 1. The van der Waals surface area contributed by atoms with Crippen LogP contribution in [0.2, 0.25) is 0 Å². The van der Waals surface area contributed by atoms with Gasteiger partial charge in [0.15, 0.2) is 0 Å². The maximum absolute atomic E-state index is 13.6. The highest BCUT2D eigenvalue weighted by molar-refractivity contribution is 7.80. The first kappa shape index (κ1) is 34.4. The van der Waals surface area contributed by atoms with E-state index in [0.717, 1.165) is 30.0 Å². The Morgan fingerprint density at radius 1 is 0.795 bits per heavy atom. The quantitative estimate of drug-likeness (QED) is 0.145. The summed E-state index contributed by atoms with van der Waals surface area (Å²) in [5, 5.41) is 30.9. The van der Waals surface area contributed by atoms with Crippen LogP contribution in [0, 0.1) is 5.92 Å². The number of rotatable bonds is 15. The summed E-state index contributed by atoms with van der Waals surface area (Å²) in [5.74, 6) is -5.45. The lowest BCUT2D eigenvalue weighted by Gasteiger charge is -2.31. The summed E-state index contributed by atoms with van der Waals surface area (Å²) < 4.78 is 0. The number of aliphatic carboxylic acids is 2. The van der Waals surface area contributed by atoms with Gasteiger partial charge in [-0.25, -0.2) is 4.79 Å². The van der Waals surface area contributed by atoms with Crippen LogP contribution >= 0.6 is 12.6 Å². The molecule has 0 unspecified atom stereocenters. The summed E-state index contributed by atoms with van der Waals surface area (Å²) in [6, 6.07) is 8.22. The Labute approximate surface area is 261 Å². The monoisotopic (exact) mass is 628 g/mol. The normalized spacial score (nSPS) is 16.1. The van der Waals surface area contributed by atoms with Gasteiger partial charge < -0.3 is 31.5 Å². The molecule has 0 bridgehead atoms. The number of carbonyl (C=O) groups excluding carboxylic acids is 4. The lowest BCUT2D eigenvalue weighted by molar-refractivity contribution is -0.141. The number of thiol groups is 1. The van der Waals surface area contributed by atoms with Crippen LogP contribution < -0.4 is 21.3 Å². The van der Waals surface area contributed by atoms with Gasteiger partial charge in [0.1, 0.15) is 24.2 Å². The molecule has 2 aromatic carbocycles. The van der Waals surface area contributed by atoms with Crippen LogP contribution in [0.3, 0.4) is 0 Å². The molecule has 4 amide bonds. The second kappa shape index (κ2) is 16.6. The van der Waals surface area contributed by atoms with Crippen LogP contribution in [0.1, 0.15) is 57.4 Å². The third kappa shape index (κ3) is 10.2. The van der Waals surface area contributed by atoms with E-state index in [4.69, 9.17) is 0 Å². The molecule has 6 N–H and O–H groups in total. The minimum absolute atomic E-state index is 0.0164. The summed E-state index contributed by atoms with van der Waals surface area (Å²) in [6.07, 6.45) is 3.50. The zero-order valence-electron chi connectivity index (χ0n) is 24.6. The van der Waals surface area contributed by atoms with Crippen LogP contribution in [-0.4, -0.2) is 75.7 Å². The van der Waals surface area contributed by atoms with Gasteiger partial charge in [-0.3, -0.25) is 24.0 Å². The van der Waals surface area contributed by atoms with E-state index in [2.05, 4.69) is 33.9 Å². The van der Waals surface area contributed by atoms with E-state index >= 15 is 0 Å². The summed E-state index contributed by atoms with van der Waals surface area (Å²) in [7, 11) is 0. The minimum atomic E-state index is -1.34. The Morgan fingerprint density at radius 2 is 1.41 bits per heavy atom. The first-order valence-electron chi connectivity index (χ1n) is 14.7. The largest absolute Gasteiger partial charge is 0.481 e. The number of carboxylic acids is 2. The third-order valence-electron chi connectivity index (χ3n) is 7.73. The third-order valence-corrected chi connectivity index (χ3v) is 8.09. The van der Waals surface area contributed by atoms with Gasteiger partial charge in [0.25, 0.3) is 0 Å². The fraction of sp³-hybridized carbons (Fsp3) is 0.484. The molecule has 13 heteroatoms. The van der Waals surface area contributed by atoms with Crippen molar-refractivity contribution < 1.29 is 39.0 Å². The summed E-state index contributed by atoms with van der Waals surface area (Å²) >= 11 is 3.99. The molecule has 4 atom stereocenters. The molecule has 0 aromatic heterocycles. The number of carbonyl (C=O) groups is 6. The van der Waals surface area contributed by atoms with Gasteiger partial charge in [-0.2, -0.15) is 12.6 Å². The maximum Gasteiger partial charge on any atom is 0.327 e. The van der Waals surface area contributed by atoms with Crippen LogP contribution in [-0.2, 0) is 35.2 Å². The molecule has 238 valence electrons. The highest BCUT2D eigenvalue weighted by Gasteiger charge is 2.34. The van der Waals surface area contributed by atoms with Crippen molar-refractivity contribution >= 4 is 59.0 Å². The van der Waals surface area contributed by atoms with Crippen LogP contribution in [0.5, 0.6) is 0 Å².